The summed E-state index contributed by atoms with van der Waals surface area (Å²) in [5.41, 5.74) is 1.44. The van der Waals surface area contributed by atoms with Gasteiger partial charge in [0.25, 0.3) is 0 Å². The predicted octanol–water partition coefficient (Wildman–Crippen LogP) is 5.39. The minimum Gasteiger partial charge on any atom is -0.462 e. The average molecular weight is 544 g/mol. The Kier molecular flexibility index (Phi) is 8.16. The van der Waals surface area contributed by atoms with Gasteiger partial charge in [0.05, 0.1) is 11.8 Å². The zero-order chi connectivity index (χ0) is 27.9. The Labute approximate surface area is 233 Å². The van der Waals surface area contributed by atoms with Gasteiger partial charge in [0.1, 0.15) is 11.8 Å². The number of oxime groups is 1. The maximum atomic E-state index is 12.4. The van der Waals surface area contributed by atoms with Crippen LogP contribution in [0.25, 0.3) is 0 Å². The molecule has 1 aliphatic heterocycles. The monoisotopic (exact) mass is 543 g/mol. The molecule has 0 aromatic rings. The maximum absolute atomic E-state index is 12.4. The Morgan fingerprint density at radius 2 is 1.79 bits per heavy atom. The standard InChI is InChI=1S/C31H49N3O5/c1-18(2)38-28(36)27-11-7-21(33-27)17-32-29(37)39-34-19(3)24-9-10-25-23-8-6-20-16-22(35)12-14-30(20,4)26(23)13-15-31(24,25)5/h18,20-21,23-27,33H,6-17H2,1-5H3,(H,32,37)/b34-19+/t20-,21?,23+,24-,25+,26+,27?,30+,31-/m1/s1. The van der Waals surface area contributed by atoms with Crippen molar-refractivity contribution in [2.24, 2.45) is 45.6 Å². The summed E-state index contributed by atoms with van der Waals surface area (Å²) in [7, 11) is 0. The summed E-state index contributed by atoms with van der Waals surface area (Å²) in [5, 5.41) is 10.4. The molecule has 2 unspecified atom stereocenters. The van der Waals surface area contributed by atoms with Gasteiger partial charge in [0, 0.05) is 31.3 Å². The number of nitrogens with one attached hydrogen (secondary N) is 2. The fraction of sp³-hybridized carbons (Fsp3) is 0.871. The van der Waals surface area contributed by atoms with E-state index in [2.05, 4.69) is 29.6 Å². The van der Waals surface area contributed by atoms with Crippen LogP contribution in [0.1, 0.15) is 105 Å². The van der Waals surface area contributed by atoms with Crippen LogP contribution >= 0.6 is 0 Å². The number of fused-ring (bicyclic) bond motifs is 5. The smallest absolute Gasteiger partial charge is 0.433 e. The number of hydrogen-bond donors (Lipinski definition) is 2. The number of carbonyl (C=O) groups is 3. The largest absolute Gasteiger partial charge is 0.462 e. The molecule has 0 aromatic heterocycles. The Balaban J connectivity index is 1.13. The molecule has 1 amide bonds. The van der Waals surface area contributed by atoms with Gasteiger partial charge in [-0.3, -0.25) is 19.7 Å². The summed E-state index contributed by atoms with van der Waals surface area (Å²) in [6.07, 6.45) is 10.7. The van der Waals surface area contributed by atoms with E-state index in [4.69, 9.17) is 9.57 Å². The van der Waals surface area contributed by atoms with Gasteiger partial charge in [0.2, 0.25) is 0 Å². The Bertz CT molecular complexity index is 997. The van der Waals surface area contributed by atoms with Crippen molar-refractivity contribution in [2.75, 3.05) is 6.54 Å². The molecule has 0 aromatic carbocycles. The van der Waals surface area contributed by atoms with Gasteiger partial charge >= 0.3 is 12.1 Å². The second-order valence-electron chi connectivity index (χ2n) is 14.0. The molecule has 8 heteroatoms. The molecular formula is C31H49N3O5. The van der Waals surface area contributed by atoms with Crippen molar-refractivity contribution in [1.82, 2.24) is 10.6 Å². The molecule has 9 atom stereocenters. The van der Waals surface area contributed by atoms with E-state index in [0.717, 1.165) is 49.7 Å². The van der Waals surface area contributed by atoms with Crippen LogP contribution in [0.3, 0.4) is 0 Å². The summed E-state index contributed by atoms with van der Waals surface area (Å²) < 4.78 is 5.29. The second kappa shape index (κ2) is 11.1. The molecule has 4 saturated carbocycles. The van der Waals surface area contributed by atoms with Gasteiger partial charge < -0.3 is 10.1 Å². The lowest BCUT2D eigenvalue weighted by Gasteiger charge is -2.60. The van der Waals surface area contributed by atoms with E-state index >= 15 is 0 Å². The summed E-state index contributed by atoms with van der Waals surface area (Å²) >= 11 is 0. The van der Waals surface area contributed by atoms with E-state index in [9.17, 15) is 14.4 Å². The van der Waals surface area contributed by atoms with Gasteiger partial charge in [-0.05, 0) is 113 Å². The van der Waals surface area contributed by atoms with Crippen molar-refractivity contribution in [1.29, 1.82) is 0 Å². The van der Waals surface area contributed by atoms with Crippen LogP contribution in [-0.4, -0.2) is 48.3 Å². The average Bonchev–Trinajstić information content (AvgIpc) is 3.50. The van der Waals surface area contributed by atoms with Crippen molar-refractivity contribution in [3.8, 4) is 0 Å². The molecule has 5 fully saturated rings. The molecule has 5 aliphatic rings. The predicted molar refractivity (Wildman–Crippen MR) is 149 cm³/mol. The summed E-state index contributed by atoms with van der Waals surface area (Å²) in [4.78, 5) is 42.1. The number of Topliss-reactive ketones (excluding diaryl/α,β-unsaturated/α-hetero) is 1. The third-order valence-electron chi connectivity index (χ3n) is 11.6. The van der Waals surface area contributed by atoms with Crippen LogP contribution < -0.4 is 10.6 Å². The number of carbonyl (C=O) groups excluding carboxylic acids is 3. The topological polar surface area (TPSA) is 106 Å². The minimum atomic E-state index is -0.550. The summed E-state index contributed by atoms with van der Waals surface area (Å²) in [6, 6.07) is -0.309. The molecular weight excluding hydrogens is 494 g/mol. The van der Waals surface area contributed by atoms with Crippen LogP contribution in [0.4, 0.5) is 4.79 Å². The maximum Gasteiger partial charge on any atom is 0.433 e. The molecule has 218 valence electrons. The quantitative estimate of drug-likeness (QED) is 0.201. The van der Waals surface area contributed by atoms with Crippen molar-refractivity contribution in [3.05, 3.63) is 0 Å². The van der Waals surface area contributed by atoms with Crippen LogP contribution in [0, 0.1) is 40.4 Å². The van der Waals surface area contributed by atoms with Crippen molar-refractivity contribution < 1.29 is 24.0 Å². The fourth-order valence-electron chi connectivity index (χ4n) is 9.63. The summed E-state index contributed by atoms with van der Waals surface area (Å²) in [6.45, 7) is 11.0. The zero-order valence-electron chi connectivity index (χ0n) is 24.6. The van der Waals surface area contributed by atoms with Crippen molar-refractivity contribution >= 4 is 23.6 Å². The lowest BCUT2D eigenvalue weighted by molar-refractivity contribution is -0.149. The first-order valence-electron chi connectivity index (χ1n) is 15.5. The highest BCUT2D eigenvalue weighted by Crippen LogP contribution is 2.67. The molecule has 0 bridgehead atoms. The number of ether oxygens (including phenoxy) is 1. The first-order valence-corrected chi connectivity index (χ1v) is 15.5. The molecule has 4 aliphatic carbocycles. The van der Waals surface area contributed by atoms with Gasteiger partial charge in [-0.2, -0.15) is 0 Å². The van der Waals surface area contributed by atoms with E-state index in [-0.39, 0.29) is 29.6 Å². The van der Waals surface area contributed by atoms with Gasteiger partial charge in [0.15, 0.2) is 0 Å². The Morgan fingerprint density at radius 3 is 2.56 bits per heavy atom. The first kappa shape index (κ1) is 28.6. The minimum absolute atomic E-state index is 0.0104. The SMILES string of the molecule is C/C(=N\OC(=O)NCC1CCC(C(=O)OC(C)C)N1)[C@H]1CC[C@H]2[C@@H]3CC[C@@H]4CC(=O)CC[C@]4(C)[C@H]3CC[C@]12C. The molecule has 1 heterocycles. The van der Waals surface area contributed by atoms with Crippen LogP contribution in [0.2, 0.25) is 0 Å². The third-order valence-corrected chi connectivity index (χ3v) is 11.6. The van der Waals surface area contributed by atoms with E-state index in [0.29, 0.717) is 41.9 Å². The van der Waals surface area contributed by atoms with E-state index in [1.54, 1.807) is 0 Å². The zero-order valence-corrected chi connectivity index (χ0v) is 24.6. The second-order valence-corrected chi connectivity index (χ2v) is 14.0. The number of rotatable bonds is 6. The third kappa shape index (κ3) is 5.51. The molecule has 5 rings (SSSR count). The number of nitrogens with zero attached hydrogens (tertiary/aromatic N) is 1. The number of ketones is 1. The first-order chi connectivity index (χ1) is 18.5. The van der Waals surface area contributed by atoms with Crippen molar-refractivity contribution in [2.45, 2.75) is 123 Å². The highest BCUT2D eigenvalue weighted by Gasteiger charge is 2.60. The van der Waals surface area contributed by atoms with Gasteiger partial charge in [-0.25, -0.2) is 4.79 Å². The van der Waals surface area contributed by atoms with Crippen LogP contribution in [0.15, 0.2) is 5.16 Å². The van der Waals surface area contributed by atoms with E-state index < -0.39 is 6.09 Å². The van der Waals surface area contributed by atoms with Crippen LogP contribution in [0.5, 0.6) is 0 Å². The fourth-order valence-corrected chi connectivity index (χ4v) is 9.63. The summed E-state index contributed by atoms with van der Waals surface area (Å²) in [5.74, 6) is 3.30. The van der Waals surface area contributed by atoms with Crippen LogP contribution in [-0.2, 0) is 19.2 Å². The van der Waals surface area contributed by atoms with E-state index in [1.165, 1.54) is 32.1 Å². The molecule has 8 nitrogen and oxygen atoms in total. The molecule has 39 heavy (non-hydrogen) atoms. The van der Waals surface area contributed by atoms with Gasteiger partial charge in [-0.1, -0.05) is 19.0 Å². The number of amides is 1. The van der Waals surface area contributed by atoms with Gasteiger partial charge in [-0.15, -0.1) is 0 Å². The normalized spacial score (nSPS) is 41.9. The molecule has 1 saturated heterocycles. The van der Waals surface area contributed by atoms with E-state index in [1.807, 2.05) is 20.8 Å². The molecule has 2 N–H and O–H groups in total. The molecule has 0 spiro atoms. The molecule has 0 radical (unpaired) electrons. The highest BCUT2D eigenvalue weighted by molar-refractivity contribution is 5.85. The van der Waals surface area contributed by atoms with Crippen molar-refractivity contribution in [3.63, 3.8) is 0 Å². The lowest BCUT2D eigenvalue weighted by Crippen LogP contribution is -2.53. The highest BCUT2D eigenvalue weighted by atomic mass is 16.7. The Morgan fingerprint density at radius 1 is 1.03 bits per heavy atom. The number of esters is 1. The lowest BCUT2D eigenvalue weighted by atomic mass is 9.44. The number of hydrogen-bond acceptors (Lipinski definition) is 7. The Hall–Kier alpha value is -1.96.